The van der Waals surface area contributed by atoms with Crippen LogP contribution in [0.15, 0.2) is 42.5 Å². The third kappa shape index (κ3) is 5.95. The van der Waals surface area contributed by atoms with E-state index in [0.717, 1.165) is 27.3 Å². The average molecular weight is 472 g/mol. The third-order valence-electron chi connectivity index (χ3n) is 4.78. The van der Waals surface area contributed by atoms with Crippen molar-refractivity contribution in [1.29, 1.82) is 0 Å². The maximum atomic E-state index is 10.8. The fourth-order valence-corrected chi connectivity index (χ4v) is 3.96. The molecule has 0 radical (unpaired) electrons. The van der Waals surface area contributed by atoms with Crippen molar-refractivity contribution in [3.63, 3.8) is 0 Å². The Morgan fingerprint density at radius 3 is 2.03 bits per heavy atom. The predicted molar refractivity (Wildman–Crippen MR) is 128 cm³/mol. The summed E-state index contributed by atoms with van der Waals surface area (Å²) in [5, 5.41) is 11.0. The third-order valence-corrected chi connectivity index (χ3v) is 5.87. The van der Waals surface area contributed by atoms with Crippen LogP contribution in [0.4, 0.5) is 5.00 Å². The van der Waals surface area contributed by atoms with Crippen molar-refractivity contribution in [3.8, 4) is 28.7 Å². The van der Waals surface area contributed by atoms with Crippen molar-refractivity contribution in [3.05, 3.63) is 68.6 Å². The van der Waals surface area contributed by atoms with Crippen LogP contribution in [-0.2, 0) is 6.42 Å². The van der Waals surface area contributed by atoms with Crippen molar-refractivity contribution < 1.29 is 28.6 Å². The SMILES string of the molecule is COc1ccc(/C=C\c2cc(OC)c(OC)c(OC)c2)cc1OCCc1ccc([N+](=O)[O-])s1. The largest absolute Gasteiger partial charge is 0.493 e. The maximum absolute atomic E-state index is 10.8. The molecule has 0 fully saturated rings. The summed E-state index contributed by atoms with van der Waals surface area (Å²) in [4.78, 5) is 11.3. The molecule has 174 valence electrons. The van der Waals surface area contributed by atoms with Gasteiger partial charge in [-0.15, -0.1) is 0 Å². The Kier molecular flexibility index (Phi) is 8.15. The zero-order valence-corrected chi connectivity index (χ0v) is 19.6. The molecule has 0 bridgehead atoms. The number of methoxy groups -OCH3 is 4. The molecule has 0 saturated carbocycles. The topological polar surface area (TPSA) is 89.3 Å². The van der Waals surface area contributed by atoms with Crippen LogP contribution in [0.2, 0.25) is 0 Å². The first-order valence-corrected chi connectivity index (χ1v) is 10.8. The van der Waals surface area contributed by atoms with Crippen molar-refractivity contribution in [2.45, 2.75) is 6.42 Å². The van der Waals surface area contributed by atoms with Crippen LogP contribution in [0, 0.1) is 10.1 Å². The maximum Gasteiger partial charge on any atom is 0.324 e. The van der Waals surface area contributed by atoms with Gasteiger partial charge in [0, 0.05) is 17.4 Å². The zero-order chi connectivity index (χ0) is 23.8. The van der Waals surface area contributed by atoms with E-state index in [1.807, 2.05) is 42.5 Å². The number of rotatable bonds is 11. The average Bonchev–Trinajstić information content (AvgIpc) is 3.31. The molecule has 9 heteroatoms. The summed E-state index contributed by atoms with van der Waals surface area (Å²) in [7, 11) is 6.29. The van der Waals surface area contributed by atoms with E-state index < -0.39 is 0 Å². The monoisotopic (exact) mass is 471 g/mol. The lowest BCUT2D eigenvalue weighted by molar-refractivity contribution is -0.380. The second-order valence-corrected chi connectivity index (χ2v) is 7.94. The molecule has 0 N–H and O–H groups in total. The molecule has 0 saturated heterocycles. The Labute approximate surface area is 196 Å². The molecule has 0 aliphatic carbocycles. The summed E-state index contributed by atoms with van der Waals surface area (Å²) in [5.41, 5.74) is 1.79. The van der Waals surface area contributed by atoms with Gasteiger partial charge in [-0.3, -0.25) is 10.1 Å². The molecule has 0 atom stereocenters. The minimum Gasteiger partial charge on any atom is -0.493 e. The number of benzene rings is 2. The van der Waals surface area contributed by atoms with Gasteiger partial charge in [0.1, 0.15) is 0 Å². The van der Waals surface area contributed by atoms with Crippen LogP contribution in [-0.4, -0.2) is 40.0 Å². The quantitative estimate of drug-likeness (QED) is 0.208. The number of nitrogens with zero attached hydrogens (tertiary/aromatic N) is 1. The molecule has 3 aromatic rings. The fraction of sp³-hybridized carbons (Fsp3) is 0.250. The van der Waals surface area contributed by atoms with E-state index in [0.29, 0.717) is 41.8 Å². The minimum atomic E-state index is -0.387. The summed E-state index contributed by atoms with van der Waals surface area (Å²) >= 11 is 1.15. The van der Waals surface area contributed by atoms with Gasteiger partial charge in [0.2, 0.25) is 5.75 Å². The van der Waals surface area contributed by atoms with Gasteiger partial charge in [0.25, 0.3) is 0 Å². The second-order valence-electron chi connectivity index (χ2n) is 6.80. The molecular weight excluding hydrogens is 446 g/mol. The number of nitro groups is 1. The van der Waals surface area contributed by atoms with Crippen LogP contribution in [0.1, 0.15) is 16.0 Å². The zero-order valence-electron chi connectivity index (χ0n) is 18.8. The van der Waals surface area contributed by atoms with Gasteiger partial charge < -0.3 is 23.7 Å². The van der Waals surface area contributed by atoms with E-state index in [-0.39, 0.29) is 9.92 Å². The summed E-state index contributed by atoms with van der Waals surface area (Å²) in [6, 6.07) is 12.6. The van der Waals surface area contributed by atoms with Gasteiger partial charge >= 0.3 is 5.00 Å². The Morgan fingerprint density at radius 1 is 0.818 bits per heavy atom. The molecule has 33 heavy (non-hydrogen) atoms. The normalized spacial score (nSPS) is 10.8. The molecule has 0 unspecified atom stereocenters. The van der Waals surface area contributed by atoms with E-state index in [1.165, 1.54) is 6.07 Å². The highest BCUT2D eigenvalue weighted by atomic mass is 32.1. The van der Waals surface area contributed by atoms with Crippen molar-refractivity contribution in [2.75, 3.05) is 35.0 Å². The van der Waals surface area contributed by atoms with Gasteiger partial charge in [0.05, 0.1) is 40.0 Å². The molecule has 0 aliphatic heterocycles. The van der Waals surface area contributed by atoms with E-state index in [1.54, 1.807) is 34.5 Å². The first kappa shape index (κ1) is 23.9. The van der Waals surface area contributed by atoms with Gasteiger partial charge in [-0.05, 0) is 41.5 Å². The Balaban J connectivity index is 1.74. The van der Waals surface area contributed by atoms with Crippen LogP contribution >= 0.6 is 11.3 Å². The molecule has 8 nitrogen and oxygen atoms in total. The van der Waals surface area contributed by atoms with Crippen LogP contribution in [0.25, 0.3) is 12.2 Å². The predicted octanol–water partition coefficient (Wildman–Crippen LogP) is 5.48. The Morgan fingerprint density at radius 2 is 1.45 bits per heavy atom. The number of hydrogen-bond donors (Lipinski definition) is 0. The summed E-state index contributed by atoms with van der Waals surface area (Å²) < 4.78 is 27.5. The summed E-state index contributed by atoms with van der Waals surface area (Å²) in [6.45, 7) is 0.369. The van der Waals surface area contributed by atoms with E-state index in [9.17, 15) is 10.1 Å². The molecule has 1 heterocycles. The number of hydrogen-bond acceptors (Lipinski definition) is 8. The second kappa shape index (κ2) is 11.2. The summed E-state index contributed by atoms with van der Waals surface area (Å²) in [6.07, 6.45) is 4.43. The molecule has 2 aromatic carbocycles. The molecular formula is C24H25NO7S. The van der Waals surface area contributed by atoms with Crippen LogP contribution in [0.5, 0.6) is 28.7 Å². The minimum absolute atomic E-state index is 0.126. The first-order chi connectivity index (χ1) is 16.0. The van der Waals surface area contributed by atoms with Crippen LogP contribution in [0.3, 0.4) is 0 Å². The lowest BCUT2D eigenvalue weighted by Crippen LogP contribution is -2.02. The first-order valence-electron chi connectivity index (χ1n) is 10.0. The van der Waals surface area contributed by atoms with Crippen molar-refractivity contribution >= 4 is 28.5 Å². The highest BCUT2D eigenvalue weighted by molar-refractivity contribution is 7.15. The van der Waals surface area contributed by atoms with E-state index in [4.69, 9.17) is 23.7 Å². The lowest BCUT2D eigenvalue weighted by atomic mass is 10.1. The Hall–Kier alpha value is -3.72. The molecule has 3 rings (SSSR count). The van der Waals surface area contributed by atoms with E-state index in [2.05, 4.69) is 0 Å². The van der Waals surface area contributed by atoms with Gasteiger partial charge in [-0.25, -0.2) is 0 Å². The fourth-order valence-electron chi connectivity index (χ4n) is 3.16. The standard InChI is InChI=1S/C24H25NO7S/c1-28-19-9-7-16(5-6-17-14-21(29-2)24(31-4)22(15-17)30-3)13-20(19)32-12-11-18-8-10-23(33-18)25(26)27/h5-10,13-15H,11-12H2,1-4H3/b6-5-. The van der Waals surface area contributed by atoms with Crippen LogP contribution < -0.4 is 23.7 Å². The van der Waals surface area contributed by atoms with Crippen molar-refractivity contribution in [2.24, 2.45) is 0 Å². The van der Waals surface area contributed by atoms with Gasteiger partial charge in [0.15, 0.2) is 23.0 Å². The van der Waals surface area contributed by atoms with Crippen molar-refractivity contribution in [1.82, 2.24) is 0 Å². The van der Waals surface area contributed by atoms with Gasteiger partial charge in [-0.1, -0.05) is 29.6 Å². The number of ether oxygens (including phenoxy) is 5. The smallest absolute Gasteiger partial charge is 0.324 e. The van der Waals surface area contributed by atoms with Gasteiger partial charge in [-0.2, -0.15) is 0 Å². The Bertz CT molecular complexity index is 1110. The lowest BCUT2D eigenvalue weighted by Gasteiger charge is -2.13. The van der Waals surface area contributed by atoms with E-state index >= 15 is 0 Å². The molecule has 0 aliphatic rings. The molecule has 0 amide bonds. The highest BCUT2D eigenvalue weighted by Gasteiger charge is 2.13. The molecule has 0 spiro atoms. The summed E-state index contributed by atoms with van der Waals surface area (Å²) in [5.74, 6) is 2.88. The molecule has 1 aromatic heterocycles. The highest BCUT2D eigenvalue weighted by Crippen LogP contribution is 2.39. The number of thiophene rings is 1.